The highest BCUT2D eigenvalue weighted by Gasteiger charge is 2.69. The van der Waals surface area contributed by atoms with E-state index in [9.17, 15) is 61.0 Å². The molecular weight excluding hydrogens is 865 g/mol. The highest BCUT2D eigenvalue weighted by Crippen LogP contribution is 2.76. The van der Waals surface area contributed by atoms with E-state index in [1.165, 1.54) is 12.5 Å². The van der Waals surface area contributed by atoms with Crippen LogP contribution in [0, 0.1) is 50.2 Å². The summed E-state index contributed by atoms with van der Waals surface area (Å²) < 4.78 is 36.4. The monoisotopic (exact) mass is 943 g/mol. The van der Waals surface area contributed by atoms with Crippen LogP contribution in [0.5, 0.6) is 0 Å². The molecule has 0 bridgehead atoms. The molecule has 66 heavy (non-hydrogen) atoms. The van der Waals surface area contributed by atoms with Crippen molar-refractivity contribution in [2.75, 3.05) is 13.2 Å². The zero-order chi connectivity index (χ0) is 48.4. The number of carboxylic acid groups (broad SMARTS) is 1. The molecule has 3 heterocycles. The third-order valence-corrected chi connectivity index (χ3v) is 19.3. The Morgan fingerprint density at radius 3 is 1.94 bits per heavy atom. The minimum absolute atomic E-state index is 0.00925. The molecule has 0 aromatic carbocycles. The van der Waals surface area contributed by atoms with Gasteiger partial charge >= 0.3 is 5.97 Å². The van der Waals surface area contributed by atoms with Gasteiger partial charge in [-0.25, -0.2) is 4.79 Å². The molecule has 11 N–H and O–H groups in total. The Morgan fingerprint density at radius 1 is 0.667 bits per heavy atom. The number of aliphatic hydroxyl groups excluding tert-OH is 10. The van der Waals surface area contributed by atoms with Crippen molar-refractivity contribution in [3.63, 3.8) is 0 Å². The van der Waals surface area contributed by atoms with Crippen LogP contribution in [-0.4, -0.2) is 180 Å². The molecule has 3 unspecified atom stereocenters. The van der Waals surface area contributed by atoms with Gasteiger partial charge in [0.25, 0.3) is 0 Å². The Hall–Kier alpha value is -1.43. The quantitative estimate of drug-likeness (QED) is 0.112. The van der Waals surface area contributed by atoms with Gasteiger partial charge in [0.1, 0.15) is 61.0 Å². The first-order valence-electron chi connectivity index (χ1n) is 24.2. The summed E-state index contributed by atoms with van der Waals surface area (Å²) in [5.74, 6) is -1.14. The molecule has 5 aliphatic carbocycles. The number of ether oxygens (including phenoxy) is 6. The Bertz CT molecular complexity index is 1820. The van der Waals surface area contributed by atoms with E-state index in [4.69, 9.17) is 28.4 Å². The maximum atomic E-state index is 12.5. The lowest BCUT2D eigenvalue weighted by Gasteiger charge is -2.71. The largest absolute Gasteiger partial charge is 0.479 e. The number of rotatable bonds is 9. The second-order valence-electron chi connectivity index (χ2n) is 23.8. The fourth-order valence-electron chi connectivity index (χ4n) is 15.2. The van der Waals surface area contributed by atoms with Crippen LogP contribution in [-0.2, 0) is 33.2 Å². The number of hydrogen-bond acceptors (Lipinski definition) is 17. The Balaban J connectivity index is 1.11. The van der Waals surface area contributed by atoms with E-state index in [2.05, 4.69) is 47.6 Å². The van der Waals surface area contributed by atoms with Crippen LogP contribution in [0.1, 0.15) is 113 Å². The lowest BCUT2D eigenvalue weighted by molar-refractivity contribution is -0.394. The van der Waals surface area contributed by atoms with Gasteiger partial charge in [-0.3, -0.25) is 0 Å². The Labute approximate surface area is 387 Å². The van der Waals surface area contributed by atoms with Crippen molar-refractivity contribution in [3.8, 4) is 0 Å². The van der Waals surface area contributed by atoms with Gasteiger partial charge in [0.15, 0.2) is 25.0 Å². The predicted molar refractivity (Wildman–Crippen MR) is 231 cm³/mol. The van der Waals surface area contributed by atoms with E-state index in [1.54, 1.807) is 0 Å². The Kier molecular flexibility index (Phi) is 13.7. The van der Waals surface area contributed by atoms with E-state index in [0.717, 1.165) is 44.9 Å². The van der Waals surface area contributed by atoms with Gasteiger partial charge < -0.3 is 84.6 Å². The van der Waals surface area contributed by atoms with Gasteiger partial charge in [-0.1, -0.05) is 60.1 Å². The number of allylic oxidation sites excluding steroid dienone is 2. The molecule has 8 aliphatic rings. The molecule has 25 atom stereocenters. The molecule has 0 radical (unpaired) electrons. The number of hydrogen-bond donors (Lipinski definition) is 11. The van der Waals surface area contributed by atoms with Crippen LogP contribution in [0.25, 0.3) is 0 Å². The molecule has 8 rings (SSSR count). The third-order valence-electron chi connectivity index (χ3n) is 19.3. The number of fused-ring (bicyclic) bond motifs is 7. The molecule has 0 aromatic heterocycles. The molecule has 0 amide bonds. The van der Waals surface area contributed by atoms with Crippen molar-refractivity contribution in [3.05, 3.63) is 11.6 Å². The van der Waals surface area contributed by atoms with E-state index in [-0.39, 0.29) is 46.0 Å². The summed E-state index contributed by atoms with van der Waals surface area (Å²) in [4.78, 5) is 12.5. The normalized spacial score (nSPS) is 55.9. The second kappa shape index (κ2) is 17.7. The predicted octanol–water partition coefficient (Wildman–Crippen LogP) is 0.705. The van der Waals surface area contributed by atoms with Crippen LogP contribution in [0.15, 0.2) is 11.6 Å². The van der Waals surface area contributed by atoms with Crippen LogP contribution in [0.2, 0.25) is 0 Å². The average molecular weight is 943 g/mol. The molecule has 18 nitrogen and oxygen atoms in total. The maximum Gasteiger partial charge on any atom is 0.335 e. The molecule has 7 fully saturated rings. The van der Waals surface area contributed by atoms with E-state index >= 15 is 0 Å². The molecule has 3 aliphatic heterocycles. The zero-order valence-corrected chi connectivity index (χ0v) is 39.7. The number of carbonyl (C=O) groups is 1. The van der Waals surface area contributed by atoms with Gasteiger partial charge in [0, 0.05) is 12.0 Å². The lowest BCUT2D eigenvalue weighted by atomic mass is 9.33. The minimum Gasteiger partial charge on any atom is -0.479 e. The summed E-state index contributed by atoms with van der Waals surface area (Å²) in [7, 11) is 0. The SMILES string of the molecule is C[C@@H]1O[C@@H](O[C@H]2[C@H](O[C@H]3[C@H](O[C@@H]4C[C@](C)(CO)C5CC[C@]6(C)C(CC=C7C8CC(C)(C)C[C@@H](O)[C@]8(C)CC[C@]76C)[C@@]5(C)C4)O[C@H](C(=O)O)[C@@H](O)[C@@H]3O)O[C@H](CO)[C@H](O)[C@@H]2O)[C@H](O)[C@H](O)[C@H]1O. The highest BCUT2D eigenvalue weighted by molar-refractivity contribution is 5.73. The van der Waals surface area contributed by atoms with Gasteiger partial charge in [0.2, 0.25) is 0 Å². The molecule has 0 spiro atoms. The van der Waals surface area contributed by atoms with Crippen molar-refractivity contribution in [2.45, 2.75) is 218 Å². The molecule has 0 aromatic rings. The number of aliphatic hydroxyl groups is 10. The molecule has 3 saturated heterocycles. The smallest absolute Gasteiger partial charge is 0.335 e. The lowest BCUT2D eigenvalue weighted by Crippen LogP contribution is -2.68. The van der Waals surface area contributed by atoms with Crippen molar-refractivity contribution in [1.29, 1.82) is 0 Å². The van der Waals surface area contributed by atoms with Gasteiger partial charge in [-0.15, -0.1) is 0 Å². The summed E-state index contributed by atoms with van der Waals surface area (Å²) in [5.41, 5.74) is -0.196. The van der Waals surface area contributed by atoms with Gasteiger partial charge in [0.05, 0.1) is 24.9 Å². The summed E-state index contributed by atoms with van der Waals surface area (Å²) in [6, 6.07) is 0. The number of aliphatic carboxylic acids is 1. The average Bonchev–Trinajstić information content (AvgIpc) is 3.24. The summed E-state index contributed by atoms with van der Waals surface area (Å²) in [5, 5.41) is 120. The summed E-state index contributed by atoms with van der Waals surface area (Å²) in [6.07, 6.45) is -17.8. The van der Waals surface area contributed by atoms with Crippen LogP contribution in [0.4, 0.5) is 0 Å². The maximum absolute atomic E-state index is 12.5. The van der Waals surface area contributed by atoms with E-state index < -0.39 is 128 Å². The standard InChI is InChI=1S/C48H78O18/c1-21-29(52)31(54)35(58)40(61-21)65-37-32(55)30(53)25(19-49)63-42(37)66-38-34(57)33(56)36(39(59)60)64-41(38)62-22-15-44(4,20-50)26-11-12-48(8)27(46(26,6)16-22)10-9-23-24-17-43(2,3)18-28(51)45(24,5)13-14-47(23,48)7/h9,21-22,24-38,40-42,49-58H,10-20H2,1-8H3,(H,59,60)/t21-,22+,24?,25+,26?,27?,28+,29-,30-,31+,32-,33-,34-,35+,36-,37+,38+,40-,41+,42-,44+,45+,46-,47+,48+/m0/s1. The first-order valence-corrected chi connectivity index (χ1v) is 24.2. The second-order valence-corrected chi connectivity index (χ2v) is 23.8. The molecular formula is C48H78O18. The van der Waals surface area contributed by atoms with Gasteiger partial charge in [-0.2, -0.15) is 0 Å². The molecule has 4 saturated carbocycles. The fraction of sp³-hybridized carbons (Fsp3) is 0.938. The first-order chi connectivity index (χ1) is 30.7. The first kappa shape index (κ1) is 50.9. The third kappa shape index (κ3) is 7.96. The van der Waals surface area contributed by atoms with Crippen molar-refractivity contribution >= 4 is 5.97 Å². The van der Waals surface area contributed by atoms with E-state index in [0.29, 0.717) is 12.8 Å². The summed E-state index contributed by atoms with van der Waals surface area (Å²) >= 11 is 0. The van der Waals surface area contributed by atoms with Crippen molar-refractivity contribution < 1.29 is 89.4 Å². The van der Waals surface area contributed by atoms with Crippen molar-refractivity contribution in [2.24, 2.45) is 50.2 Å². The Morgan fingerprint density at radius 2 is 1.30 bits per heavy atom. The number of carboxylic acids is 1. The van der Waals surface area contributed by atoms with Gasteiger partial charge in [-0.05, 0) is 110 Å². The molecule has 18 heteroatoms. The minimum atomic E-state index is -2.06. The van der Waals surface area contributed by atoms with E-state index in [1.807, 2.05) is 6.92 Å². The topological polar surface area (TPSA) is 295 Å². The summed E-state index contributed by atoms with van der Waals surface area (Å²) in [6.45, 7) is 16.4. The fourth-order valence-corrected chi connectivity index (χ4v) is 15.2. The molecule has 378 valence electrons. The van der Waals surface area contributed by atoms with Crippen LogP contribution >= 0.6 is 0 Å². The van der Waals surface area contributed by atoms with Crippen LogP contribution < -0.4 is 0 Å². The van der Waals surface area contributed by atoms with Crippen LogP contribution in [0.3, 0.4) is 0 Å². The zero-order valence-electron chi connectivity index (χ0n) is 39.7. The highest BCUT2D eigenvalue weighted by atomic mass is 16.8. The van der Waals surface area contributed by atoms with Crippen molar-refractivity contribution in [1.82, 2.24) is 0 Å².